The van der Waals surface area contributed by atoms with Gasteiger partial charge in [-0.25, -0.2) is 0 Å². The van der Waals surface area contributed by atoms with E-state index in [2.05, 4.69) is 30.7 Å². The predicted molar refractivity (Wildman–Crippen MR) is 92.5 cm³/mol. The highest BCUT2D eigenvalue weighted by Crippen LogP contribution is 2.30. The average Bonchev–Trinajstić information content (AvgIpc) is 2.87. The Morgan fingerprint density at radius 2 is 1.86 bits per heavy atom. The molecule has 22 heavy (non-hydrogen) atoms. The third-order valence-corrected chi connectivity index (χ3v) is 3.99. The number of nitrogens with two attached hydrogens (primary N) is 1. The van der Waals surface area contributed by atoms with Gasteiger partial charge in [-0.2, -0.15) is 0 Å². The van der Waals surface area contributed by atoms with E-state index in [1.54, 1.807) is 0 Å². The van der Waals surface area contributed by atoms with Crippen molar-refractivity contribution in [3.63, 3.8) is 0 Å². The Morgan fingerprint density at radius 3 is 2.55 bits per heavy atom. The second-order valence-electron chi connectivity index (χ2n) is 5.64. The van der Waals surface area contributed by atoms with E-state index in [-0.39, 0.29) is 0 Å². The van der Waals surface area contributed by atoms with Gasteiger partial charge in [0.1, 0.15) is 12.4 Å². The highest BCUT2D eigenvalue weighted by atomic mass is 35.5. The van der Waals surface area contributed by atoms with Crippen molar-refractivity contribution in [1.29, 1.82) is 0 Å². The summed E-state index contributed by atoms with van der Waals surface area (Å²) in [6, 6.07) is 13.8. The van der Waals surface area contributed by atoms with Crippen LogP contribution in [0.15, 0.2) is 48.7 Å². The van der Waals surface area contributed by atoms with Crippen LogP contribution in [0, 0.1) is 0 Å². The number of hydrogen-bond donors (Lipinski definition) is 1. The number of halogens is 1. The minimum atomic E-state index is 0.369. The predicted octanol–water partition coefficient (Wildman–Crippen LogP) is 5.04. The summed E-state index contributed by atoms with van der Waals surface area (Å²) in [6.07, 6.45) is 2.13. The zero-order chi connectivity index (χ0) is 15.7. The van der Waals surface area contributed by atoms with Gasteiger partial charge in [-0.3, -0.25) is 0 Å². The lowest BCUT2D eigenvalue weighted by molar-refractivity contribution is 0.307. The van der Waals surface area contributed by atoms with Crippen molar-refractivity contribution < 1.29 is 4.74 Å². The van der Waals surface area contributed by atoms with Gasteiger partial charge in [-0.15, -0.1) is 0 Å². The number of benzene rings is 2. The largest absolute Gasteiger partial charge is 0.489 e. The zero-order valence-corrected chi connectivity index (χ0v) is 13.5. The molecular weight excluding hydrogens is 296 g/mol. The summed E-state index contributed by atoms with van der Waals surface area (Å²) in [7, 11) is 0. The Bertz CT molecular complexity index is 791. The number of hydrogen-bond acceptors (Lipinski definition) is 2. The van der Waals surface area contributed by atoms with Gasteiger partial charge in [0.2, 0.25) is 0 Å². The van der Waals surface area contributed by atoms with Gasteiger partial charge >= 0.3 is 0 Å². The molecule has 1 aromatic heterocycles. The third kappa shape index (κ3) is 2.77. The van der Waals surface area contributed by atoms with E-state index >= 15 is 0 Å². The zero-order valence-electron chi connectivity index (χ0n) is 12.7. The first kappa shape index (κ1) is 14.8. The molecule has 3 nitrogen and oxygen atoms in total. The van der Waals surface area contributed by atoms with E-state index in [0.29, 0.717) is 17.7 Å². The second-order valence-corrected chi connectivity index (χ2v) is 6.08. The summed E-state index contributed by atoms with van der Waals surface area (Å²) in [4.78, 5) is 0. The van der Waals surface area contributed by atoms with Gasteiger partial charge in [0, 0.05) is 33.9 Å². The molecule has 114 valence electrons. The first-order valence-electron chi connectivity index (χ1n) is 7.32. The van der Waals surface area contributed by atoms with E-state index < -0.39 is 0 Å². The molecule has 0 amide bonds. The number of ether oxygens (including phenoxy) is 1. The Balaban J connectivity index is 1.94. The number of anilines is 1. The van der Waals surface area contributed by atoms with E-state index in [0.717, 1.165) is 27.9 Å². The summed E-state index contributed by atoms with van der Waals surface area (Å²) < 4.78 is 8.10. The Labute approximate surface area is 135 Å². The second kappa shape index (κ2) is 5.93. The van der Waals surface area contributed by atoms with Gasteiger partial charge in [0.25, 0.3) is 0 Å². The van der Waals surface area contributed by atoms with Crippen molar-refractivity contribution >= 4 is 28.2 Å². The van der Waals surface area contributed by atoms with Crippen LogP contribution in [0.4, 0.5) is 5.69 Å². The first-order valence-corrected chi connectivity index (χ1v) is 7.70. The maximum Gasteiger partial charge on any atom is 0.119 e. The summed E-state index contributed by atoms with van der Waals surface area (Å²) in [5.41, 5.74) is 9.19. The number of rotatable bonds is 4. The molecule has 0 saturated carbocycles. The highest BCUT2D eigenvalue weighted by Gasteiger charge is 2.13. The highest BCUT2D eigenvalue weighted by molar-refractivity contribution is 6.30. The molecule has 0 fully saturated rings. The molecule has 3 rings (SSSR count). The van der Waals surface area contributed by atoms with Crippen LogP contribution in [0.3, 0.4) is 0 Å². The summed E-state index contributed by atoms with van der Waals surface area (Å²) in [5.74, 6) is 0.796. The lowest BCUT2D eigenvalue weighted by Crippen LogP contribution is -1.98. The summed E-state index contributed by atoms with van der Waals surface area (Å²) in [5, 5.41) is 1.78. The molecule has 0 aliphatic carbocycles. The smallest absolute Gasteiger partial charge is 0.119 e. The summed E-state index contributed by atoms with van der Waals surface area (Å²) in [6.45, 7) is 4.80. The maximum atomic E-state index is 6.17. The van der Waals surface area contributed by atoms with Crippen LogP contribution in [0.5, 0.6) is 5.75 Å². The molecule has 0 atom stereocenters. The Kier molecular flexibility index (Phi) is 3.99. The maximum absolute atomic E-state index is 6.17. The molecule has 1 heterocycles. The van der Waals surface area contributed by atoms with Crippen molar-refractivity contribution in [2.24, 2.45) is 0 Å². The third-order valence-electron chi connectivity index (χ3n) is 3.73. The molecule has 0 radical (unpaired) electrons. The molecule has 3 aromatic rings. The number of fused-ring (bicyclic) bond motifs is 1. The molecule has 4 heteroatoms. The quantitative estimate of drug-likeness (QED) is 0.685. The van der Waals surface area contributed by atoms with Crippen molar-refractivity contribution in [3.8, 4) is 5.75 Å². The normalized spacial score (nSPS) is 11.3. The Morgan fingerprint density at radius 1 is 1.14 bits per heavy atom. The molecular formula is C18H19ClN2O. The van der Waals surface area contributed by atoms with Gasteiger partial charge in [-0.1, -0.05) is 17.7 Å². The van der Waals surface area contributed by atoms with Crippen molar-refractivity contribution in [1.82, 2.24) is 4.57 Å². The SMILES string of the molecule is CC(C)n1cc(COc2ccc(Cl)cc2)c2c(N)cccc21. The Hall–Kier alpha value is -2.13. The monoisotopic (exact) mass is 314 g/mol. The molecule has 0 aliphatic rings. The minimum Gasteiger partial charge on any atom is -0.489 e. The number of nitrogen functional groups attached to an aromatic ring is 1. The van der Waals surface area contributed by atoms with E-state index in [1.165, 1.54) is 0 Å². The topological polar surface area (TPSA) is 40.2 Å². The van der Waals surface area contributed by atoms with Gasteiger partial charge in [0.15, 0.2) is 0 Å². The van der Waals surface area contributed by atoms with Crippen LogP contribution in [0.1, 0.15) is 25.5 Å². The minimum absolute atomic E-state index is 0.369. The van der Waals surface area contributed by atoms with Crippen LogP contribution in [0.2, 0.25) is 5.02 Å². The van der Waals surface area contributed by atoms with Crippen LogP contribution in [0.25, 0.3) is 10.9 Å². The van der Waals surface area contributed by atoms with E-state index in [4.69, 9.17) is 22.1 Å². The number of nitrogens with zero attached hydrogens (tertiary/aromatic N) is 1. The first-order chi connectivity index (χ1) is 10.6. The van der Waals surface area contributed by atoms with Crippen LogP contribution >= 0.6 is 11.6 Å². The van der Waals surface area contributed by atoms with Crippen LogP contribution < -0.4 is 10.5 Å². The van der Waals surface area contributed by atoms with Gasteiger partial charge in [0.05, 0.1) is 5.52 Å². The van der Waals surface area contributed by atoms with E-state index in [1.807, 2.05) is 36.4 Å². The van der Waals surface area contributed by atoms with Crippen molar-refractivity contribution in [2.45, 2.75) is 26.5 Å². The van der Waals surface area contributed by atoms with Crippen molar-refractivity contribution in [2.75, 3.05) is 5.73 Å². The standard InChI is InChI=1S/C18H19ClN2O/c1-12(2)21-10-13(18-16(20)4-3-5-17(18)21)11-22-15-8-6-14(19)7-9-15/h3-10,12H,11,20H2,1-2H3. The molecule has 0 spiro atoms. The van der Waals surface area contributed by atoms with Crippen LogP contribution in [-0.4, -0.2) is 4.57 Å². The molecule has 0 aliphatic heterocycles. The molecule has 0 unspecified atom stereocenters. The van der Waals surface area contributed by atoms with Gasteiger partial charge in [-0.05, 0) is 50.2 Å². The molecule has 2 N–H and O–H groups in total. The fraction of sp³-hybridized carbons (Fsp3) is 0.222. The van der Waals surface area contributed by atoms with E-state index in [9.17, 15) is 0 Å². The average molecular weight is 315 g/mol. The lowest BCUT2D eigenvalue weighted by Gasteiger charge is -2.08. The van der Waals surface area contributed by atoms with Gasteiger partial charge < -0.3 is 15.0 Å². The summed E-state index contributed by atoms with van der Waals surface area (Å²) >= 11 is 5.89. The van der Waals surface area contributed by atoms with Crippen LogP contribution in [-0.2, 0) is 6.61 Å². The fourth-order valence-electron chi connectivity index (χ4n) is 2.65. The molecule has 2 aromatic carbocycles. The van der Waals surface area contributed by atoms with Crippen molar-refractivity contribution in [3.05, 3.63) is 59.2 Å². The number of aromatic nitrogens is 1. The molecule has 0 bridgehead atoms. The fourth-order valence-corrected chi connectivity index (χ4v) is 2.78. The lowest BCUT2D eigenvalue weighted by atomic mass is 10.1. The molecule has 0 saturated heterocycles.